The molecular weight excluding hydrogens is 375 g/mol. The summed E-state index contributed by atoms with van der Waals surface area (Å²) in [7, 11) is 0. The first kappa shape index (κ1) is 12.7. The summed E-state index contributed by atoms with van der Waals surface area (Å²) in [6.07, 6.45) is 0. The summed E-state index contributed by atoms with van der Waals surface area (Å²) in [6.45, 7) is 0. The van der Waals surface area contributed by atoms with E-state index in [1.807, 2.05) is 36.4 Å². The van der Waals surface area contributed by atoms with Gasteiger partial charge in [-0.2, -0.15) is 0 Å². The topological polar surface area (TPSA) is 48.6 Å². The van der Waals surface area contributed by atoms with Crippen molar-refractivity contribution in [3.05, 3.63) is 67.6 Å². The molecule has 0 amide bonds. The van der Waals surface area contributed by atoms with Gasteiger partial charge in [0.2, 0.25) is 0 Å². The highest BCUT2D eigenvalue weighted by Gasteiger charge is 2.12. The lowest BCUT2D eigenvalue weighted by molar-refractivity contribution is 1.14. The number of aromatic nitrogens is 2. The third kappa shape index (κ3) is 2.55. The maximum Gasteiger partial charge on any atom is 0.323 e. The smallest absolute Gasteiger partial charge is 0.306 e. The number of rotatable bonds is 2. The fraction of sp³-hybridized carbons (Fsp3) is 0.0714. The molecule has 3 nitrogen and oxygen atoms in total. The standard InChI is InChI=1S/C14H10ClIN2O/c15-13(8-2-1-3-10(16)6-8)9-4-5-11-12(7-9)18-14(19)17-11/h1-7,13H,(H2,17,18,19). The molecule has 3 aromatic rings. The second-order valence-corrected chi connectivity index (χ2v) is 5.98. The molecule has 3 rings (SSSR count). The van der Waals surface area contributed by atoms with Gasteiger partial charge in [0.25, 0.3) is 0 Å². The highest BCUT2D eigenvalue weighted by molar-refractivity contribution is 14.1. The summed E-state index contributed by atoms with van der Waals surface area (Å²) >= 11 is 8.77. The first-order valence-corrected chi connectivity index (χ1v) is 7.26. The predicted molar refractivity (Wildman–Crippen MR) is 85.8 cm³/mol. The molecule has 0 spiro atoms. The van der Waals surface area contributed by atoms with Gasteiger partial charge in [0.15, 0.2) is 0 Å². The Balaban J connectivity index is 2.05. The minimum Gasteiger partial charge on any atom is -0.306 e. The second kappa shape index (κ2) is 5.02. The molecule has 0 saturated carbocycles. The van der Waals surface area contributed by atoms with Crippen molar-refractivity contribution < 1.29 is 0 Å². The molecule has 5 heteroatoms. The van der Waals surface area contributed by atoms with E-state index in [2.05, 4.69) is 38.6 Å². The Hall–Kier alpha value is -1.27. The Morgan fingerprint density at radius 2 is 1.74 bits per heavy atom. The van der Waals surface area contributed by atoms with Crippen LogP contribution in [0.5, 0.6) is 0 Å². The quantitative estimate of drug-likeness (QED) is 0.512. The zero-order valence-corrected chi connectivity index (χ0v) is 12.7. The van der Waals surface area contributed by atoms with Crippen LogP contribution in [0, 0.1) is 3.57 Å². The molecule has 0 aliphatic carbocycles. The highest BCUT2D eigenvalue weighted by Crippen LogP contribution is 2.30. The molecule has 1 heterocycles. The maximum atomic E-state index is 11.2. The molecule has 0 radical (unpaired) electrons. The molecule has 1 unspecified atom stereocenters. The fourth-order valence-electron chi connectivity index (χ4n) is 2.06. The fourth-order valence-corrected chi connectivity index (χ4v) is 2.90. The monoisotopic (exact) mass is 384 g/mol. The number of benzene rings is 2. The van der Waals surface area contributed by atoms with Crippen LogP contribution in [0.4, 0.5) is 0 Å². The Bertz CT molecular complexity index is 793. The number of halogens is 2. The average Bonchev–Trinajstić information content (AvgIpc) is 2.76. The molecule has 96 valence electrons. The number of nitrogens with one attached hydrogen (secondary N) is 2. The normalized spacial score (nSPS) is 12.7. The Kier molecular flexibility index (Phi) is 3.36. The number of H-pyrrole nitrogens is 2. The SMILES string of the molecule is O=c1[nH]c2ccc(C(Cl)c3cccc(I)c3)cc2[nH]1. The van der Waals surface area contributed by atoms with Crippen LogP contribution in [0.3, 0.4) is 0 Å². The van der Waals surface area contributed by atoms with E-state index in [4.69, 9.17) is 11.6 Å². The van der Waals surface area contributed by atoms with E-state index in [1.54, 1.807) is 0 Å². The molecule has 1 atom stereocenters. The van der Waals surface area contributed by atoms with Crippen LogP contribution >= 0.6 is 34.2 Å². The van der Waals surface area contributed by atoms with Crippen molar-refractivity contribution in [3.8, 4) is 0 Å². The Morgan fingerprint density at radius 1 is 1.00 bits per heavy atom. The van der Waals surface area contributed by atoms with E-state index < -0.39 is 0 Å². The minimum absolute atomic E-state index is 0.201. The van der Waals surface area contributed by atoms with Crippen LogP contribution in [0.2, 0.25) is 0 Å². The van der Waals surface area contributed by atoms with Crippen molar-refractivity contribution in [1.82, 2.24) is 9.97 Å². The number of hydrogen-bond donors (Lipinski definition) is 2. The lowest BCUT2D eigenvalue weighted by Crippen LogP contribution is -1.99. The van der Waals surface area contributed by atoms with Crippen molar-refractivity contribution in [1.29, 1.82) is 0 Å². The minimum atomic E-state index is -0.225. The Morgan fingerprint density at radius 3 is 2.53 bits per heavy atom. The van der Waals surface area contributed by atoms with Crippen molar-refractivity contribution in [2.75, 3.05) is 0 Å². The highest BCUT2D eigenvalue weighted by atomic mass is 127. The molecule has 0 saturated heterocycles. The van der Waals surface area contributed by atoms with Gasteiger partial charge in [0, 0.05) is 3.57 Å². The molecule has 1 aromatic heterocycles. The van der Waals surface area contributed by atoms with E-state index in [-0.39, 0.29) is 11.1 Å². The van der Waals surface area contributed by atoms with Crippen molar-refractivity contribution in [3.63, 3.8) is 0 Å². The average molecular weight is 385 g/mol. The number of alkyl halides is 1. The summed E-state index contributed by atoms with van der Waals surface area (Å²) in [5, 5.41) is -0.225. The summed E-state index contributed by atoms with van der Waals surface area (Å²) in [5.41, 5.74) is 3.38. The number of imidazole rings is 1. The summed E-state index contributed by atoms with van der Waals surface area (Å²) in [5.74, 6) is 0. The number of hydrogen-bond acceptors (Lipinski definition) is 1. The van der Waals surface area contributed by atoms with Gasteiger partial charge in [-0.15, -0.1) is 11.6 Å². The van der Waals surface area contributed by atoms with Crippen molar-refractivity contribution in [2.24, 2.45) is 0 Å². The van der Waals surface area contributed by atoms with Gasteiger partial charge >= 0.3 is 5.69 Å². The van der Waals surface area contributed by atoms with Gasteiger partial charge in [0.1, 0.15) is 0 Å². The summed E-state index contributed by atoms with van der Waals surface area (Å²) in [4.78, 5) is 16.7. The van der Waals surface area contributed by atoms with Crippen molar-refractivity contribution in [2.45, 2.75) is 5.38 Å². The second-order valence-electron chi connectivity index (χ2n) is 4.30. The van der Waals surface area contributed by atoms with Gasteiger partial charge in [0.05, 0.1) is 16.4 Å². The van der Waals surface area contributed by atoms with Crippen LogP contribution in [-0.2, 0) is 0 Å². The number of aromatic amines is 2. The van der Waals surface area contributed by atoms with Gasteiger partial charge < -0.3 is 9.97 Å². The zero-order chi connectivity index (χ0) is 13.4. The molecule has 2 aromatic carbocycles. The Labute approximate surface area is 128 Å². The zero-order valence-electron chi connectivity index (χ0n) is 9.78. The lowest BCUT2D eigenvalue weighted by atomic mass is 10.0. The summed E-state index contributed by atoms with van der Waals surface area (Å²) in [6, 6.07) is 13.8. The number of fused-ring (bicyclic) bond motifs is 1. The first-order chi connectivity index (χ1) is 9.13. The molecule has 19 heavy (non-hydrogen) atoms. The molecule has 2 N–H and O–H groups in total. The van der Waals surface area contributed by atoms with E-state index in [0.717, 1.165) is 25.7 Å². The third-order valence-corrected chi connectivity index (χ3v) is 4.15. The molecule has 0 aliphatic rings. The maximum absolute atomic E-state index is 11.2. The lowest BCUT2D eigenvalue weighted by Gasteiger charge is -2.10. The van der Waals surface area contributed by atoms with Crippen molar-refractivity contribution >= 4 is 45.2 Å². The van der Waals surface area contributed by atoms with Gasteiger partial charge in [-0.3, -0.25) is 0 Å². The largest absolute Gasteiger partial charge is 0.323 e. The first-order valence-electron chi connectivity index (χ1n) is 5.75. The van der Waals surface area contributed by atoms with Gasteiger partial charge in [-0.1, -0.05) is 18.2 Å². The van der Waals surface area contributed by atoms with Gasteiger partial charge in [-0.05, 0) is 58.0 Å². The van der Waals surface area contributed by atoms with Gasteiger partial charge in [-0.25, -0.2) is 4.79 Å². The molecule has 0 bridgehead atoms. The molecule has 0 aliphatic heterocycles. The molecule has 0 fully saturated rings. The van der Waals surface area contributed by atoms with Crippen LogP contribution in [0.15, 0.2) is 47.3 Å². The molecular formula is C14H10ClIN2O. The van der Waals surface area contributed by atoms with E-state index >= 15 is 0 Å². The van der Waals surface area contributed by atoms with E-state index in [1.165, 1.54) is 0 Å². The predicted octanol–water partition coefficient (Wildman–Crippen LogP) is 3.79. The van der Waals surface area contributed by atoms with Crippen LogP contribution in [0.25, 0.3) is 11.0 Å². The van der Waals surface area contributed by atoms with Crippen LogP contribution < -0.4 is 5.69 Å². The van der Waals surface area contributed by atoms with E-state index in [9.17, 15) is 4.79 Å². The summed E-state index contributed by atoms with van der Waals surface area (Å²) < 4.78 is 1.15. The van der Waals surface area contributed by atoms with Crippen LogP contribution in [-0.4, -0.2) is 9.97 Å². The van der Waals surface area contributed by atoms with E-state index in [0.29, 0.717) is 0 Å². The third-order valence-electron chi connectivity index (χ3n) is 2.97. The van der Waals surface area contributed by atoms with Crippen LogP contribution in [0.1, 0.15) is 16.5 Å².